The Morgan fingerprint density at radius 1 is 1.17 bits per heavy atom. The van der Waals surface area contributed by atoms with Crippen LogP contribution in [0.1, 0.15) is 5.56 Å². The van der Waals surface area contributed by atoms with E-state index in [2.05, 4.69) is 4.98 Å². The van der Waals surface area contributed by atoms with Gasteiger partial charge in [0.15, 0.2) is 11.6 Å². The molecular weight excluding hydrogens is 345 g/mol. The minimum absolute atomic E-state index is 0.0464. The maximum Gasteiger partial charge on any atom is 0.246 e. The molecule has 0 bridgehead atoms. The Morgan fingerprint density at radius 2 is 1.88 bits per heavy atom. The van der Waals surface area contributed by atoms with Gasteiger partial charge < -0.3 is 4.74 Å². The number of sulfonamides is 1. The molecule has 2 rings (SSSR count). The van der Waals surface area contributed by atoms with Crippen LogP contribution in [0.4, 0.5) is 13.2 Å². The number of pyridine rings is 1. The van der Waals surface area contributed by atoms with E-state index in [1.54, 1.807) is 12.1 Å². The molecule has 0 saturated heterocycles. The Hall–Kier alpha value is -1.97. The third kappa shape index (κ3) is 4.11. The van der Waals surface area contributed by atoms with Crippen molar-refractivity contribution in [1.29, 1.82) is 0 Å². The fraction of sp³-hybridized carbons (Fsp3) is 0.267. The van der Waals surface area contributed by atoms with E-state index in [0.717, 1.165) is 4.31 Å². The quantitative estimate of drug-likeness (QED) is 0.711. The predicted molar refractivity (Wildman–Crippen MR) is 80.0 cm³/mol. The van der Waals surface area contributed by atoms with Gasteiger partial charge in [0.05, 0.1) is 6.61 Å². The number of nitrogens with zero attached hydrogens (tertiary/aromatic N) is 2. The van der Waals surface area contributed by atoms with E-state index in [-0.39, 0.29) is 25.8 Å². The topological polar surface area (TPSA) is 59.5 Å². The summed E-state index contributed by atoms with van der Waals surface area (Å²) in [7, 11) is -3.02. The highest BCUT2D eigenvalue weighted by atomic mass is 32.2. The maximum atomic E-state index is 13.9. The summed E-state index contributed by atoms with van der Waals surface area (Å²) >= 11 is 0. The molecule has 2 aromatic rings. The zero-order valence-electron chi connectivity index (χ0n) is 12.7. The summed E-state index contributed by atoms with van der Waals surface area (Å²) in [6.07, 6.45) is 2.98. The average molecular weight is 360 g/mol. The lowest BCUT2D eigenvalue weighted by molar-refractivity contribution is 0.177. The number of aromatic nitrogens is 1. The highest BCUT2D eigenvalue weighted by molar-refractivity contribution is 7.89. The molecule has 0 spiro atoms. The molecule has 0 atom stereocenters. The maximum absolute atomic E-state index is 13.9. The molecular formula is C15H15F3N2O3S. The van der Waals surface area contributed by atoms with Crippen LogP contribution in [0.5, 0.6) is 0 Å². The van der Waals surface area contributed by atoms with Crippen LogP contribution in [0.3, 0.4) is 0 Å². The van der Waals surface area contributed by atoms with Gasteiger partial charge in [0.25, 0.3) is 0 Å². The van der Waals surface area contributed by atoms with Gasteiger partial charge in [-0.15, -0.1) is 0 Å². The van der Waals surface area contributed by atoms with Crippen molar-refractivity contribution in [1.82, 2.24) is 9.29 Å². The van der Waals surface area contributed by atoms with Crippen molar-refractivity contribution in [3.63, 3.8) is 0 Å². The molecule has 24 heavy (non-hydrogen) atoms. The van der Waals surface area contributed by atoms with Crippen molar-refractivity contribution < 1.29 is 26.3 Å². The Balaban J connectivity index is 2.41. The van der Waals surface area contributed by atoms with Gasteiger partial charge in [0.2, 0.25) is 10.0 Å². The first-order valence-corrected chi connectivity index (χ1v) is 8.33. The molecule has 1 heterocycles. The molecule has 0 aliphatic heterocycles. The first-order valence-electron chi connectivity index (χ1n) is 6.89. The Labute approximate surface area is 137 Å². The third-order valence-corrected chi connectivity index (χ3v) is 5.08. The molecule has 1 aromatic carbocycles. The average Bonchev–Trinajstić information content (AvgIpc) is 2.55. The van der Waals surface area contributed by atoms with Crippen LogP contribution in [0.15, 0.2) is 41.6 Å². The smallest absolute Gasteiger partial charge is 0.246 e. The highest BCUT2D eigenvalue weighted by Gasteiger charge is 2.29. The van der Waals surface area contributed by atoms with Gasteiger partial charge in [0, 0.05) is 38.7 Å². The first kappa shape index (κ1) is 18.4. The van der Waals surface area contributed by atoms with E-state index in [9.17, 15) is 21.6 Å². The molecule has 0 fully saturated rings. The van der Waals surface area contributed by atoms with Crippen LogP contribution in [0.2, 0.25) is 0 Å². The van der Waals surface area contributed by atoms with Crippen molar-refractivity contribution >= 4 is 10.0 Å². The number of benzene rings is 1. The molecule has 0 aliphatic carbocycles. The van der Waals surface area contributed by atoms with Crippen LogP contribution in [-0.2, 0) is 21.3 Å². The minimum Gasteiger partial charge on any atom is -0.383 e. The van der Waals surface area contributed by atoms with Crippen molar-refractivity contribution in [2.24, 2.45) is 0 Å². The zero-order valence-corrected chi connectivity index (χ0v) is 13.6. The van der Waals surface area contributed by atoms with E-state index < -0.39 is 32.4 Å². The number of halogens is 3. The number of hydrogen-bond acceptors (Lipinski definition) is 4. The van der Waals surface area contributed by atoms with Gasteiger partial charge in [-0.3, -0.25) is 4.98 Å². The molecule has 0 aliphatic rings. The van der Waals surface area contributed by atoms with Gasteiger partial charge >= 0.3 is 0 Å². The lowest BCUT2D eigenvalue weighted by atomic mass is 10.3. The molecule has 0 amide bonds. The van der Waals surface area contributed by atoms with Crippen LogP contribution in [-0.4, -0.2) is 38.0 Å². The SMILES string of the molecule is COCCN(Cc1cccnc1)S(=O)(=O)c1cc(F)c(F)cc1F. The molecule has 0 unspecified atom stereocenters. The molecule has 0 saturated carbocycles. The molecule has 1 aromatic heterocycles. The van der Waals surface area contributed by atoms with E-state index in [0.29, 0.717) is 11.6 Å². The second-order valence-electron chi connectivity index (χ2n) is 4.89. The monoisotopic (exact) mass is 360 g/mol. The van der Waals surface area contributed by atoms with E-state index >= 15 is 0 Å². The predicted octanol–water partition coefficient (Wildman–Crippen LogP) is 2.34. The largest absolute Gasteiger partial charge is 0.383 e. The summed E-state index contributed by atoms with van der Waals surface area (Å²) in [6.45, 7) is -0.158. The Bertz CT molecular complexity index is 801. The first-order chi connectivity index (χ1) is 11.4. The molecule has 130 valence electrons. The van der Waals surface area contributed by atoms with Crippen molar-refractivity contribution in [2.75, 3.05) is 20.3 Å². The van der Waals surface area contributed by atoms with Crippen LogP contribution in [0.25, 0.3) is 0 Å². The second-order valence-corrected chi connectivity index (χ2v) is 6.80. The lowest BCUT2D eigenvalue weighted by Gasteiger charge is -2.22. The number of hydrogen-bond donors (Lipinski definition) is 0. The van der Waals surface area contributed by atoms with Crippen molar-refractivity contribution in [3.8, 4) is 0 Å². The molecule has 0 N–H and O–H groups in total. The summed E-state index contributed by atoms with van der Waals surface area (Å²) in [5.41, 5.74) is 0.556. The van der Waals surface area contributed by atoms with E-state index in [1.807, 2.05) is 0 Å². The normalized spacial score (nSPS) is 11.9. The van der Waals surface area contributed by atoms with Gasteiger partial charge in [-0.2, -0.15) is 4.31 Å². The zero-order chi connectivity index (χ0) is 17.7. The highest BCUT2D eigenvalue weighted by Crippen LogP contribution is 2.23. The summed E-state index contributed by atoms with van der Waals surface area (Å²) in [5.74, 6) is -4.26. The number of rotatable bonds is 7. The number of ether oxygens (including phenoxy) is 1. The fourth-order valence-electron chi connectivity index (χ4n) is 2.01. The van der Waals surface area contributed by atoms with E-state index in [1.165, 1.54) is 19.5 Å². The summed E-state index contributed by atoms with van der Waals surface area (Å²) in [4.78, 5) is 2.95. The summed E-state index contributed by atoms with van der Waals surface area (Å²) < 4.78 is 71.4. The molecule has 0 radical (unpaired) electrons. The standard InChI is InChI=1S/C15H15F3N2O3S/c1-23-6-5-20(10-11-3-2-4-19-9-11)24(21,22)15-8-13(17)12(16)7-14(15)18/h2-4,7-9H,5-6,10H2,1H3. The number of methoxy groups -OCH3 is 1. The van der Waals surface area contributed by atoms with Crippen LogP contribution in [0, 0.1) is 17.5 Å². The second kappa shape index (κ2) is 7.73. The Kier molecular flexibility index (Phi) is 5.92. The lowest BCUT2D eigenvalue weighted by Crippen LogP contribution is -2.34. The molecule has 5 nitrogen and oxygen atoms in total. The summed E-state index contributed by atoms with van der Waals surface area (Å²) in [6, 6.07) is 3.81. The minimum atomic E-state index is -4.40. The molecule has 9 heteroatoms. The Morgan fingerprint density at radius 3 is 2.50 bits per heavy atom. The van der Waals surface area contributed by atoms with Gasteiger partial charge in [0.1, 0.15) is 10.7 Å². The van der Waals surface area contributed by atoms with Crippen molar-refractivity contribution in [3.05, 3.63) is 59.7 Å². The van der Waals surface area contributed by atoms with E-state index in [4.69, 9.17) is 4.74 Å². The van der Waals surface area contributed by atoms with Gasteiger partial charge in [-0.05, 0) is 17.7 Å². The fourth-order valence-corrected chi connectivity index (χ4v) is 3.48. The van der Waals surface area contributed by atoms with Gasteiger partial charge in [-0.1, -0.05) is 6.07 Å². The third-order valence-electron chi connectivity index (χ3n) is 3.22. The summed E-state index contributed by atoms with van der Waals surface area (Å²) in [5, 5.41) is 0. The van der Waals surface area contributed by atoms with Crippen LogP contribution < -0.4 is 0 Å². The van der Waals surface area contributed by atoms with Crippen LogP contribution >= 0.6 is 0 Å². The van der Waals surface area contributed by atoms with Crippen molar-refractivity contribution in [2.45, 2.75) is 11.4 Å². The van der Waals surface area contributed by atoms with Gasteiger partial charge in [-0.25, -0.2) is 21.6 Å².